The van der Waals surface area contributed by atoms with Crippen LogP contribution in [0.4, 0.5) is 0 Å². The highest BCUT2D eigenvalue weighted by molar-refractivity contribution is 5.78. The topological polar surface area (TPSA) is 41.1 Å². The van der Waals surface area contributed by atoms with Crippen LogP contribution in [0.25, 0.3) is 0 Å². The first-order valence-electron chi connectivity index (χ1n) is 7.87. The number of hydrogen-bond donors (Lipinski definition) is 2. The fourth-order valence-corrected chi connectivity index (χ4v) is 2.92. The molecule has 0 spiro atoms. The van der Waals surface area contributed by atoms with Crippen molar-refractivity contribution in [1.82, 2.24) is 10.6 Å². The van der Waals surface area contributed by atoms with Crippen molar-refractivity contribution in [2.45, 2.75) is 57.5 Å². The van der Waals surface area contributed by atoms with Crippen LogP contribution in [0.3, 0.4) is 0 Å². The van der Waals surface area contributed by atoms with Crippen molar-refractivity contribution in [3.63, 3.8) is 0 Å². The molecule has 0 radical (unpaired) electrons. The number of amides is 1. The van der Waals surface area contributed by atoms with Crippen molar-refractivity contribution in [2.24, 2.45) is 0 Å². The largest absolute Gasteiger partial charge is 0.348 e. The zero-order valence-corrected chi connectivity index (χ0v) is 12.2. The van der Waals surface area contributed by atoms with E-state index < -0.39 is 0 Å². The van der Waals surface area contributed by atoms with Gasteiger partial charge >= 0.3 is 0 Å². The minimum absolute atomic E-state index is 0.0933. The fourth-order valence-electron chi connectivity index (χ4n) is 2.92. The summed E-state index contributed by atoms with van der Waals surface area (Å²) in [5, 5.41) is 6.34. The van der Waals surface area contributed by atoms with Crippen LogP contribution in [0.2, 0.25) is 0 Å². The van der Waals surface area contributed by atoms with E-state index in [2.05, 4.69) is 35.8 Å². The minimum Gasteiger partial charge on any atom is -0.348 e. The quantitative estimate of drug-likeness (QED) is 0.864. The van der Waals surface area contributed by atoms with Gasteiger partial charge in [-0.2, -0.15) is 0 Å². The summed E-state index contributed by atoms with van der Waals surface area (Å²) in [7, 11) is 0. The predicted octanol–water partition coefficient (Wildman–Crippen LogP) is 2.49. The molecule has 2 N–H and O–H groups in total. The standard InChI is InChI=1S/C17H24N2O/c1-12(19-17(20)11-18-16-8-9-16)14-7-6-13-4-2-3-5-15(13)10-14/h6-7,10,12,16,18H,2-5,8-9,11H2,1H3,(H,19,20). The molecule has 2 aliphatic rings. The molecular formula is C17H24N2O. The Kier molecular flexibility index (Phi) is 4.06. The van der Waals surface area contributed by atoms with Crippen molar-refractivity contribution < 1.29 is 4.79 Å². The summed E-state index contributed by atoms with van der Waals surface area (Å²) >= 11 is 0. The molecule has 1 aromatic rings. The van der Waals surface area contributed by atoms with Crippen LogP contribution >= 0.6 is 0 Å². The molecule has 2 aliphatic carbocycles. The second-order valence-corrected chi connectivity index (χ2v) is 6.18. The van der Waals surface area contributed by atoms with E-state index in [0.29, 0.717) is 12.6 Å². The maximum atomic E-state index is 11.9. The molecule has 1 aromatic carbocycles. The number of fused-ring (bicyclic) bond motifs is 1. The van der Waals surface area contributed by atoms with Gasteiger partial charge in [0.2, 0.25) is 5.91 Å². The summed E-state index contributed by atoms with van der Waals surface area (Å²) in [4.78, 5) is 11.9. The SMILES string of the molecule is CC(NC(=O)CNC1CC1)c1ccc2c(c1)CCCC2. The Morgan fingerprint density at radius 3 is 2.75 bits per heavy atom. The van der Waals surface area contributed by atoms with E-state index in [1.165, 1.54) is 55.2 Å². The molecule has 20 heavy (non-hydrogen) atoms. The maximum Gasteiger partial charge on any atom is 0.234 e. The van der Waals surface area contributed by atoms with Gasteiger partial charge in [0.05, 0.1) is 12.6 Å². The van der Waals surface area contributed by atoms with Crippen LogP contribution in [0.1, 0.15) is 55.3 Å². The summed E-state index contributed by atoms with van der Waals surface area (Å²) in [5.41, 5.74) is 4.20. The molecule has 1 unspecified atom stereocenters. The second kappa shape index (κ2) is 5.96. The summed E-state index contributed by atoms with van der Waals surface area (Å²) in [6, 6.07) is 7.38. The van der Waals surface area contributed by atoms with Crippen LogP contribution in [-0.4, -0.2) is 18.5 Å². The third-order valence-corrected chi connectivity index (χ3v) is 4.38. The van der Waals surface area contributed by atoms with Crippen molar-refractivity contribution in [1.29, 1.82) is 0 Å². The summed E-state index contributed by atoms with van der Waals surface area (Å²) < 4.78 is 0. The molecule has 3 nitrogen and oxygen atoms in total. The molecule has 3 rings (SSSR count). The van der Waals surface area contributed by atoms with Gasteiger partial charge < -0.3 is 10.6 Å². The molecule has 0 bridgehead atoms. The average molecular weight is 272 g/mol. The molecule has 0 saturated heterocycles. The Morgan fingerprint density at radius 1 is 1.25 bits per heavy atom. The van der Waals surface area contributed by atoms with E-state index in [0.717, 1.165) is 0 Å². The van der Waals surface area contributed by atoms with E-state index in [-0.39, 0.29) is 11.9 Å². The van der Waals surface area contributed by atoms with Crippen LogP contribution in [0.15, 0.2) is 18.2 Å². The zero-order chi connectivity index (χ0) is 13.9. The van der Waals surface area contributed by atoms with Gasteiger partial charge in [-0.25, -0.2) is 0 Å². The van der Waals surface area contributed by atoms with Crippen molar-refractivity contribution in [2.75, 3.05) is 6.54 Å². The number of carbonyl (C=O) groups excluding carboxylic acids is 1. The first-order chi connectivity index (χ1) is 9.72. The molecule has 1 saturated carbocycles. The van der Waals surface area contributed by atoms with Gasteiger partial charge in [0.15, 0.2) is 0 Å². The maximum absolute atomic E-state index is 11.9. The Bertz CT molecular complexity index is 494. The number of rotatable bonds is 5. The Morgan fingerprint density at radius 2 is 2.00 bits per heavy atom. The van der Waals surface area contributed by atoms with E-state index in [9.17, 15) is 4.79 Å². The number of benzene rings is 1. The van der Waals surface area contributed by atoms with Crippen LogP contribution in [-0.2, 0) is 17.6 Å². The minimum atomic E-state index is 0.0933. The zero-order valence-electron chi connectivity index (χ0n) is 12.2. The molecule has 1 fully saturated rings. The van der Waals surface area contributed by atoms with Crippen LogP contribution in [0, 0.1) is 0 Å². The lowest BCUT2D eigenvalue weighted by molar-refractivity contribution is -0.120. The first kappa shape index (κ1) is 13.6. The fraction of sp³-hybridized carbons (Fsp3) is 0.588. The van der Waals surface area contributed by atoms with Gasteiger partial charge in [-0.3, -0.25) is 4.79 Å². The first-order valence-corrected chi connectivity index (χ1v) is 7.87. The smallest absolute Gasteiger partial charge is 0.234 e. The lowest BCUT2D eigenvalue weighted by atomic mass is 9.89. The van der Waals surface area contributed by atoms with E-state index in [1.807, 2.05) is 0 Å². The van der Waals surface area contributed by atoms with Gasteiger partial charge in [-0.1, -0.05) is 18.2 Å². The molecule has 0 aliphatic heterocycles. The molecule has 1 amide bonds. The van der Waals surface area contributed by atoms with Gasteiger partial charge in [-0.05, 0) is 62.1 Å². The highest BCUT2D eigenvalue weighted by atomic mass is 16.1. The van der Waals surface area contributed by atoms with Gasteiger partial charge in [0.25, 0.3) is 0 Å². The van der Waals surface area contributed by atoms with E-state index in [1.54, 1.807) is 0 Å². The average Bonchev–Trinajstić information content (AvgIpc) is 3.29. The van der Waals surface area contributed by atoms with Crippen LogP contribution in [0.5, 0.6) is 0 Å². The highest BCUT2D eigenvalue weighted by Gasteiger charge is 2.21. The van der Waals surface area contributed by atoms with E-state index in [4.69, 9.17) is 0 Å². The van der Waals surface area contributed by atoms with Crippen molar-refractivity contribution in [3.8, 4) is 0 Å². The van der Waals surface area contributed by atoms with Gasteiger partial charge in [0, 0.05) is 6.04 Å². The lowest BCUT2D eigenvalue weighted by Gasteiger charge is -2.20. The Hall–Kier alpha value is -1.35. The Labute approximate surface area is 121 Å². The number of aryl methyl sites for hydroxylation is 2. The number of carbonyl (C=O) groups is 1. The molecular weight excluding hydrogens is 248 g/mol. The van der Waals surface area contributed by atoms with Gasteiger partial charge in [0.1, 0.15) is 0 Å². The van der Waals surface area contributed by atoms with Crippen LogP contribution < -0.4 is 10.6 Å². The molecule has 1 atom stereocenters. The van der Waals surface area contributed by atoms with Gasteiger partial charge in [-0.15, -0.1) is 0 Å². The number of hydrogen-bond acceptors (Lipinski definition) is 2. The summed E-state index contributed by atoms with van der Waals surface area (Å²) in [5.74, 6) is 0.0992. The number of nitrogens with one attached hydrogen (secondary N) is 2. The normalized spacial score (nSPS) is 19.2. The third-order valence-electron chi connectivity index (χ3n) is 4.38. The van der Waals surface area contributed by atoms with Crippen molar-refractivity contribution >= 4 is 5.91 Å². The monoisotopic (exact) mass is 272 g/mol. The third kappa shape index (κ3) is 3.40. The highest BCUT2D eigenvalue weighted by Crippen LogP contribution is 2.24. The molecule has 108 valence electrons. The summed E-state index contributed by atoms with van der Waals surface area (Å²) in [6.45, 7) is 2.51. The Balaban J connectivity index is 1.58. The predicted molar refractivity (Wildman–Crippen MR) is 80.7 cm³/mol. The lowest BCUT2D eigenvalue weighted by Crippen LogP contribution is -2.36. The molecule has 3 heteroatoms. The van der Waals surface area contributed by atoms with Crippen molar-refractivity contribution in [3.05, 3.63) is 34.9 Å². The molecule has 0 aromatic heterocycles. The van der Waals surface area contributed by atoms with E-state index >= 15 is 0 Å². The summed E-state index contributed by atoms with van der Waals surface area (Å²) in [6.07, 6.45) is 7.43. The molecule has 0 heterocycles. The second-order valence-electron chi connectivity index (χ2n) is 6.18.